The molecule has 6 nitrogen and oxygen atoms in total. The molecule has 1 atom stereocenters. The Morgan fingerprint density at radius 2 is 1.74 bits per heavy atom. The molecule has 0 fully saturated rings. The quantitative estimate of drug-likeness (QED) is 0.542. The van der Waals surface area contributed by atoms with E-state index in [4.69, 9.17) is 4.74 Å². The maximum Gasteiger partial charge on any atom is 0.573 e. The van der Waals surface area contributed by atoms with Gasteiger partial charge < -0.3 is 14.8 Å². The van der Waals surface area contributed by atoms with Crippen LogP contribution in [0.1, 0.15) is 28.4 Å². The molecule has 1 N–H and O–H groups in total. The van der Waals surface area contributed by atoms with Gasteiger partial charge in [-0.1, -0.05) is 30.3 Å². The van der Waals surface area contributed by atoms with Crippen molar-refractivity contribution >= 4 is 17.5 Å². The van der Waals surface area contributed by atoms with Gasteiger partial charge in [-0.15, -0.1) is 13.2 Å². The number of carbonyl (C=O) groups excluding carboxylic acids is 2. The highest BCUT2D eigenvalue weighted by atomic mass is 19.4. The lowest BCUT2D eigenvalue weighted by Gasteiger charge is -2.44. The van der Waals surface area contributed by atoms with Crippen LogP contribution in [0.4, 0.5) is 18.9 Å². The standard InChI is InChI=1S/C26H23F3N2O4/c1-25(24(33)30-16-17-6-5-8-21(14-17)34-2)15-18-7-3-4-9-22(18)23(32)31(25)19-10-12-20(13-11-19)35-26(27,28)29/h3-14H,15-16H2,1-2H3,(H,30,33)/t25-/m0/s1. The van der Waals surface area contributed by atoms with Crippen LogP contribution in [0.5, 0.6) is 11.5 Å². The molecule has 1 heterocycles. The molecule has 35 heavy (non-hydrogen) atoms. The minimum absolute atomic E-state index is 0.202. The van der Waals surface area contributed by atoms with Crippen LogP contribution in [0.15, 0.2) is 72.8 Å². The van der Waals surface area contributed by atoms with Crippen LogP contribution in [-0.4, -0.2) is 30.8 Å². The van der Waals surface area contributed by atoms with Crippen molar-refractivity contribution < 1.29 is 32.2 Å². The number of rotatable bonds is 6. The summed E-state index contributed by atoms with van der Waals surface area (Å²) in [5, 5.41) is 2.89. The predicted octanol–water partition coefficient (Wildman–Crippen LogP) is 4.87. The fourth-order valence-corrected chi connectivity index (χ4v) is 4.21. The monoisotopic (exact) mass is 484 g/mol. The number of halogens is 3. The first-order chi connectivity index (χ1) is 16.6. The number of nitrogens with zero attached hydrogens (tertiary/aromatic N) is 1. The Labute approximate surface area is 200 Å². The van der Waals surface area contributed by atoms with Gasteiger partial charge in [0.25, 0.3) is 5.91 Å². The van der Waals surface area contributed by atoms with E-state index in [0.717, 1.165) is 17.7 Å². The minimum atomic E-state index is -4.84. The van der Waals surface area contributed by atoms with Gasteiger partial charge in [-0.25, -0.2) is 0 Å². The Bertz CT molecular complexity index is 1240. The molecule has 0 spiro atoms. The summed E-state index contributed by atoms with van der Waals surface area (Å²) in [6.45, 7) is 1.84. The average molecular weight is 484 g/mol. The van der Waals surface area contributed by atoms with Crippen molar-refractivity contribution in [2.45, 2.75) is 31.8 Å². The van der Waals surface area contributed by atoms with Gasteiger partial charge in [0.1, 0.15) is 17.0 Å². The van der Waals surface area contributed by atoms with Crippen LogP contribution in [0.3, 0.4) is 0 Å². The highest BCUT2D eigenvalue weighted by Crippen LogP contribution is 2.36. The van der Waals surface area contributed by atoms with Crippen molar-refractivity contribution in [3.63, 3.8) is 0 Å². The van der Waals surface area contributed by atoms with Crippen molar-refractivity contribution in [1.82, 2.24) is 5.32 Å². The molecular formula is C26H23F3N2O4. The summed E-state index contributed by atoms with van der Waals surface area (Å²) in [6.07, 6.45) is -4.62. The maximum absolute atomic E-state index is 13.5. The number of methoxy groups -OCH3 is 1. The van der Waals surface area contributed by atoms with Gasteiger partial charge in [-0.05, 0) is 60.5 Å². The molecule has 1 aliphatic rings. The summed E-state index contributed by atoms with van der Waals surface area (Å²) in [5.41, 5.74) is 0.893. The number of alkyl halides is 3. The molecule has 0 unspecified atom stereocenters. The first-order valence-corrected chi connectivity index (χ1v) is 10.8. The lowest BCUT2D eigenvalue weighted by atomic mass is 9.82. The molecule has 1 aliphatic heterocycles. The number of hydrogen-bond acceptors (Lipinski definition) is 4. The molecular weight excluding hydrogens is 461 g/mol. The zero-order valence-corrected chi connectivity index (χ0v) is 19.1. The summed E-state index contributed by atoms with van der Waals surface area (Å²) in [5.74, 6) is -0.600. The third-order valence-corrected chi connectivity index (χ3v) is 5.88. The molecule has 9 heteroatoms. The fraction of sp³-hybridized carbons (Fsp3) is 0.231. The van der Waals surface area contributed by atoms with E-state index in [9.17, 15) is 22.8 Å². The van der Waals surface area contributed by atoms with Gasteiger partial charge in [0, 0.05) is 24.2 Å². The van der Waals surface area contributed by atoms with Crippen molar-refractivity contribution in [3.8, 4) is 11.5 Å². The molecule has 0 radical (unpaired) electrons. The molecule has 0 aromatic heterocycles. The van der Waals surface area contributed by atoms with Crippen LogP contribution in [0, 0.1) is 0 Å². The number of ether oxygens (including phenoxy) is 2. The Hall–Kier alpha value is -4.01. The molecule has 0 bridgehead atoms. The zero-order chi connectivity index (χ0) is 25.2. The van der Waals surface area contributed by atoms with Crippen molar-refractivity contribution in [2.24, 2.45) is 0 Å². The zero-order valence-electron chi connectivity index (χ0n) is 19.1. The van der Waals surface area contributed by atoms with E-state index in [1.54, 1.807) is 56.5 Å². The molecule has 0 aliphatic carbocycles. The lowest BCUT2D eigenvalue weighted by molar-refractivity contribution is -0.274. The van der Waals surface area contributed by atoms with Gasteiger partial charge in [0.05, 0.1) is 7.11 Å². The topological polar surface area (TPSA) is 67.9 Å². The van der Waals surface area contributed by atoms with Crippen LogP contribution in [0.25, 0.3) is 0 Å². The van der Waals surface area contributed by atoms with E-state index < -0.39 is 29.5 Å². The fourth-order valence-electron chi connectivity index (χ4n) is 4.21. The van der Waals surface area contributed by atoms with E-state index in [2.05, 4.69) is 10.1 Å². The van der Waals surface area contributed by atoms with E-state index >= 15 is 0 Å². The minimum Gasteiger partial charge on any atom is -0.497 e. The van der Waals surface area contributed by atoms with Gasteiger partial charge in [0.2, 0.25) is 5.91 Å². The second-order valence-corrected chi connectivity index (χ2v) is 8.32. The number of hydrogen-bond donors (Lipinski definition) is 1. The van der Waals surface area contributed by atoms with Crippen molar-refractivity contribution in [2.75, 3.05) is 12.0 Å². The number of nitrogens with one attached hydrogen (secondary N) is 1. The number of fused-ring (bicyclic) bond motifs is 1. The Balaban J connectivity index is 1.66. The normalized spacial score (nSPS) is 17.5. The van der Waals surface area contributed by atoms with Gasteiger partial charge in [0.15, 0.2) is 0 Å². The molecule has 3 aromatic carbocycles. The highest BCUT2D eigenvalue weighted by Gasteiger charge is 2.47. The summed E-state index contributed by atoms with van der Waals surface area (Å²) in [6, 6.07) is 19.1. The Kier molecular flexibility index (Phi) is 6.43. The summed E-state index contributed by atoms with van der Waals surface area (Å²) in [7, 11) is 1.55. The van der Waals surface area contributed by atoms with E-state index in [1.807, 2.05) is 6.07 Å². The van der Waals surface area contributed by atoms with Gasteiger partial charge in [-0.3, -0.25) is 14.5 Å². The predicted molar refractivity (Wildman–Crippen MR) is 123 cm³/mol. The van der Waals surface area contributed by atoms with Crippen LogP contribution in [0.2, 0.25) is 0 Å². The van der Waals surface area contributed by atoms with E-state index in [-0.39, 0.29) is 18.7 Å². The summed E-state index contributed by atoms with van der Waals surface area (Å²) < 4.78 is 46.9. The summed E-state index contributed by atoms with van der Waals surface area (Å²) in [4.78, 5) is 28.4. The summed E-state index contributed by atoms with van der Waals surface area (Å²) >= 11 is 0. The second-order valence-electron chi connectivity index (χ2n) is 8.32. The van der Waals surface area contributed by atoms with Gasteiger partial charge in [-0.2, -0.15) is 0 Å². The van der Waals surface area contributed by atoms with E-state index in [1.165, 1.54) is 17.0 Å². The van der Waals surface area contributed by atoms with Crippen molar-refractivity contribution in [3.05, 3.63) is 89.5 Å². The average Bonchev–Trinajstić information content (AvgIpc) is 2.82. The van der Waals surface area contributed by atoms with E-state index in [0.29, 0.717) is 16.9 Å². The SMILES string of the molecule is COc1cccc(CNC(=O)[C@]2(C)Cc3ccccc3C(=O)N2c2ccc(OC(F)(F)F)cc2)c1. The lowest BCUT2D eigenvalue weighted by Crippen LogP contribution is -2.63. The van der Waals surface area contributed by atoms with Crippen LogP contribution < -0.4 is 19.7 Å². The smallest absolute Gasteiger partial charge is 0.497 e. The third-order valence-electron chi connectivity index (χ3n) is 5.88. The Morgan fingerprint density at radius 1 is 1.03 bits per heavy atom. The molecule has 4 rings (SSSR count). The van der Waals surface area contributed by atoms with Gasteiger partial charge >= 0.3 is 6.36 Å². The molecule has 2 amide bonds. The first kappa shape index (κ1) is 24.1. The molecule has 3 aromatic rings. The maximum atomic E-state index is 13.5. The second kappa shape index (κ2) is 9.32. The molecule has 0 saturated heterocycles. The number of carbonyl (C=O) groups is 2. The number of amides is 2. The largest absolute Gasteiger partial charge is 0.573 e. The van der Waals surface area contributed by atoms with Crippen LogP contribution >= 0.6 is 0 Å². The first-order valence-electron chi connectivity index (χ1n) is 10.8. The van der Waals surface area contributed by atoms with Crippen LogP contribution in [-0.2, 0) is 17.8 Å². The Morgan fingerprint density at radius 3 is 2.43 bits per heavy atom. The third kappa shape index (κ3) is 5.08. The number of benzene rings is 3. The molecule has 0 saturated carbocycles. The van der Waals surface area contributed by atoms with Crippen molar-refractivity contribution in [1.29, 1.82) is 0 Å². The number of anilines is 1. The molecule has 182 valence electrons. The highest BCUT2D eigenvalue weighted by molar-refractivity contribution is 6.14.